The van der Waals surface area contributed by atoms with Crippen molar-refractivity contribution in [3.05, 3.63) is 35.9 Å². The molecule has 1 aromatic rings. The van der Waals surface area contributed by atoms with Gasteiger partial charge in [0.25, 0.3) is 0 Å². The molecular formula is C18H28IN3OS. The largest absolute Gasteiger partial charge is 0.381 e. The van der Waals surface area contributed by atoms with E-state index in [-0.39, 0.29) is 30.0 Å². The van der Waals surface area contributed by atoms with Gasteiger partial charge in [0, 0.05) is 37.8 Å². The minimum absolute atomic E-state index is 0. The van der Waals surface area contributed by atoms with Gasteiger partial charge in [0.05, 0.1) is 6.04 Å². The van der Waals surface area contributed by atoms with Crippen molar-refractivity contribution in [3.8, 4) is 0 Å². The maximum atomic E-state index is 6.33. The van der Waals surface area contributed by atoms with Crippen LogP contribution in [0.1, 0.15) is 30.9 Å². The first kappa shape index (κ1) is 19.8. The Labute approximate surface area is 166 Å². The summed E-state index contributed by atoms with van der Waals surface area (Å²) in [5.74, 6) is 3.69. The van der Waals surface area contributed by atoms with Crippen LogP contribution in [0.2, 0.25) is 0 Å². The molecule has 134 valence electrons. The fraction of sp³-hybridized carbons (Fsp3) is 0.611. The summed E-state index contributed by atoms with van der Waals surface area (Å²) >= 11 is 1.99. The first-order chi connectivity index (χ1) is 11.3. The van der Waals surface area contributed by atoms with E-state index < -0.39 is 0 Å². The molecule has 2 N–H and O–H groups in total. The van der Waals surface area contributed by atoms with Crippen molar-refractivity contribution in [1.82, 2.24) is 4.90 Å². The molecule has 0 radical (unpaired) electrons. The van der Waals surface area contributed by atoms with E-state index in [9.17, 15) is 0 Å². The molecule has 0 spiro atoms. The molecule has 2 aliphatic heterocycles. The van der Waals surface area contributed by atoms with Gasteiger partial charge in [-0.2, -0.15) is 11.8 Å². The second-order valence-corrected chi connectivity index (χ2v) is 7.53. The molecule has 6 heteroatoms. The second kappa shape index (κ2) is 10.5. The number of halogens is 1. The number of nitrogens with zero attached hydrogens (tertiary/aromatic N) is 2. The van der Waals surface area contributed by atoms with E-state index >= 15 is 0 Å². The average molecular weight is 461 g/mol. The summed E-state index contributed by atoms with van der Waals surface area (Å²) < 4.78 is 5.49. The van der Waals surface area contributed by atoms with E-state index in [0.717, 1.165) is 57.1 Å². The topological polar surface area (TPSA) is 50.9 Å². The van der Waals surface area contributed by atoms with Crippen LogP contribution in [0.3, 0.4) is 0 Å². The lowest BCUT2D eigenvalue weighted by atomic mass is 9.90. The first-order valence-electron chi connectivity index (χ1n) is 8.61. The van der Waals surface area contributed by atoms with Gasteiger partial charge in [-0.15, -0.1) is 24.0 Å². The summed E-state index contributed by atoms with van der Waals surface area (Å²) in [5.41, 5.74) is 7.61. The number of nitrogens with two attached hydrogens (primary N) is 1. The average Bonchev–Trinajstić information content (AvgIpc) is 2.63. The highest BCUT2D eigenvalue weighted by Gasteiger charge is 2.22. The lowest BCUT2D eigenvalue weighted by Crippen LogP contribution is -2.43. The molecule has 2 fully saturated rings. The van der Waals surface area contributed by atoms with E-state index in [0.29, 0.717) is 11.9 Å². The maximum Gasteiger partial charge on any atom is 0.191 e. The SMILES string of the molecule is I.NC(=NC(CC1CCOCC1)c1ccccc1)N1CCSCC1. The third kappa shape index (κ3) is 5.81. The summed E-state index contributed by atoms with van der Waals surface area (Å²) in [6.45, 7) is 3.79. The van der Waals surface area contributed by atoms with E-state index in [1.54, 1.807) is 0 Å². The molecule has 2 heterocycles. The minimum Gasteiger partial charge on any atom is -0.381 e. The van der Waals surface area contributed by atoms with Gasteiger partial charge in [0.2, 0.25) is 0 Å². The van der Waals surface area contributed by atoms with Crippen LogP contribution < -0.4 is 5.73 Å². The number of benzene rings is 1. The molecule has 2 aliphatic rings. The van der Waals surface area contributed by atoms with Crippen LogP contribution in [-0.4, -0.2) is 48.7 Å². The Kier molecular flexibility index (Phi) is 8.69. The predicted molar refractivity (Wildman–Crippen MR) is 113 cm³/mol. The van der Waals surface area contributed by atoms with Gasteiger partial charge in [-0.3, -0.25) is 0 Å². The lowest BCUT2D eigenvalue weighted by Gasteiger charge is -2.29. The molecule has 2 saturated heterocycles. The van der Waals surface area contributed by atoms with Gasteiger partial charge in [-0.05, 0) is 30.7 Å². The number of ether oxygens (including phenoxy) is 1. The molecule has 0 amide bonds. The molecule has 1 aromatic carbocycles. The Morgan fingerprint density at radius 1 is 1.21 bits per heavy atom. The molecule has 0 aromatic heterocycles. The van der Waals surface area contributed by atoms with Gasteiger partial charge in [0.1, 0.15) is 0 Å². The molecule has 0 aliphatic carbocycles. The molecule has 3 rings (SSSR count). The van der Waals surface area contributed by atoms with Crippen molar-refractivity contribution in [2.45, 2.75) is 25.3 Å². The molecule has 1 atom stereocenters. The third-order valence-electron chi connectivity index (χ3n) is 4.71. The molecule has 0 bridgehead atoms. The summed E-state index contributed by atoms with van der Waals surface area (Å²) in [5, 5.41) is 0. The highest BCUT2D eigenvalue weighted by molar-refractivity contribution is 14.0. The summed E-state index contributed by atoms with van der Waals surface area (Å²) in [6, 6.07) is 10.8. The Morgan fingerprint density at radius 3 is 2.54 bits per heavy atom. The third-order valence-corrected chi connectivity index (χ3v) is 5.65. The first-order valence-corrected chi connectivity index (χ1v) is 9.77. The summed E-state index contributed by atoms with van der Waals surface area (Å²) in [6.07, 6.45) is 3.34. The molecule has 24 heavy (non-hydrogen) atoms. The fourth-order valence-corrected chi connectivity index (χ4v) is 4.17. The zero-order chi connectivity index (χ0) is 15.9. The summed E-state index contributed by atoms with van der Waals surface area (Å²) in [4.78, 5) is 7.17. The molecule has 0 saturated carbocycles. The van der Waals surface area contributed by atoms with Crippen LogP contribution in [0, 0.1) is 5.92 Å². The van der Waals surface area contributed by atoms with Crippen molar-refractivity contribution in [2.75, 3.05) is 37.8 Å². The van der Waals surface area contributed by atoms with Gasteiger partial charge in [-0.1, -0.05) is 30.3 Å². The maximum absolute atomic E-state index is 6.33. The normalized spacial score (nSPS) is 21.2. The number of guanidine groups is 1. The van der Waals surface area contributed by atoms with Crippen LogP contribution in [0.25, 0.3) is 0 Å². The molecule has 4 nitrogen and oxygen atoms in total. The van der Waals surface area contributed by atoms with Crippen LogP contribution >= 0.6 is 35.7 Å². The van der Waals surface area contributed by atoms with E-state index in [1.807, 2.05) is 11.8 Å². The quantitative estimate of drug-likeness (QED) is 0.424. The number of aliphatic imine (C=N–C) groups is 1. The smallest absolute Gasteiger partial charge is 0.191 e. The van der Waals surface area contributed by atoms with Crippen LogP contribution in [0.15, 0.2) is 35.3 Å². The standard InChI is InChI=1S/C18H27N3OS.HI/c19-18(21-8-12-23-13-9-21)20-17(16-4-2-1-3-5-16)14-15-6-10-22-11-7-15;/h1-5,15,17H,6-14H2,(H2,19,20);1H. The monoisotopic (exact) mass is 461 g/mol. The Hall–Kier alpha value is -0.470. The van der Waals surface area contributed by atoms with Crippen molar-refractivity contribution >= 4 is 41.7 Å². The van der Waals surface area contributed by atoms with Crippen molar-refractivity contribution in [3.63, 3.8) is 0 Å². The van der Waals surface area contributed by atoms with E-state index in [4.69, 9.17) is 15.5 Å². The highest BCUT2D eigenvalue weighted by atomic mass is 127. The second-order valence-electron chi connectivity index (χ2n) is 6.30. The predicted octanol–water partition coefficient (Wildman–Crippen LogP) is 3.53. The van der Waals surface area contributed by atoms with E-state index in [2.05, 4.69) is 35.2 Å². The van der Waals surface area contributed by atoms with Crippen molar-refractivity contribution < 1.29 is 4.74 Å². The lowest BCUT2D eigenvalue weighted by molar-refractivity contribution is 0.0619. The number of hydrogen-bond donors (Lipinski definition) is 1. The fourth-order valence-electron chi connectivity index (χ4n) is 3.27. The summed E-state index contributed by atoms with van der Waals surface area (Å²) in [7, 11) is 0. The zero-order valence-electron chi connectivity index (χ0n) is 14.1. The van der Waals surface area contributed by atoms with Crippen LogP contribution in [-0.2, 0) is 4.74 Å². The van der Waals surface area contributed by atoms with E-state index in [1.165, 1.54) is 5.56 Å². The Bertz CT molecular complexity index is 502. The highest BCUT2D eigenvalue weighted by Crippen LogP contribution is 2.30. The Morgan fingerprint density at radius 2 is 1.88 bits per heavy atom. The number of hydrogen-bond acceptors (Lipinski definition) is 3. The number of thioether (sulfide) groups is 1. The van der Waals surface area contributed by atoms with Crippen LogP contribution in [0.5, 0.6) is 0 Å². The van der Waals surface area contributed by atoms with Crippen molar-refractivity contribution in [1.29, 1.82) is 0 Å². The molecular weight excluding hydrogens is 433 g/mol. The van der Waals surface area contributed by atoms with Gasteiger partial charge in [0.15, 0.2) is 5.96 Å². The zero-order valence-corrected chi connectivity index (χ0v) is 17.2. The van der Waals surface area contributed by atoms with Crippen molar-refractivity contribution in [2.24, 2.45) is 16.6 Å². The minimum atomic E-state index is 0. The van der Waals surface area contributed by atoms with Gasteiger partial charge < -0.3 is 15.4 Å². The molecule has 1 unspecified atom stereocenters. The Balaban J connectivity index is 0.00000208. The van der Waals surface area contributed by atoms with Crippen LogP contribution in [0.4, 0.5) is 0 Å². The van der Waals surface area contributed by atoms with Gasteiger partial charge in [-0.25, -0.2) is 4.99 Å². The number of rotatable bonds is 4. The van der Waals surface area contributed by atoms with Gasteiger partial charge >= 0.3 is 0 Å².